The predicted molar refractivity (Wildman–Crippen MR) is 119 cm³/mol. The van der Waals surface area contributed by atoms with Crippen molar-refractivity contribution in [3.63, 3.8) is 0 Å². The summed E-state index contributed by atoms with van der Waals surface area (Å²) in [5, 5.41) is 2.65. The van der Waals surface area contributed by atoms with Crippen molar-refractivity contribution in [2.45, 2.75) is 11.8 Å². The van der Waals surface area contributed by atoms with Crippen LogP contribution in [0.2, 0.25) is 0 Å². The molecule has 1 aliphatic rings. The maximum absolute atomic E-state index is 13.1. The molecule has 0 saturated carbocycles. The molecule has 0 spiro atoms. The van der Waals surface area contributed by atoms with Crippen LogP contribution in [0.4, 0.5) is 15.8 Å². The SMILES string of the molecule is Cc1ccc(NC(=O)C=Cc2ccc3c(c2)OCO3)cc1S(=O)(=O)Nc1ccc(F)cc1. The molecule has 0 bridgehead atoms. The van der Waals surface area contributed by atoms with Gasteiger partial charge in [-0.3, -0.25) is 9.52 Å². The maximum Gasteiger partial charge on any atom is 0.262 e. The second-order valence-corrected chi connectivity index (χ2v) is 8.68. The molecule has 7 nitrogen and oxygen atoms in total. The number of benzene rings is 3. The van der Waals surface area contributed by atoms with Gasteiger partial charge in [-0.2, -0.15) is 0 Å². The number of hydrogen-bond donors (Lipinski definition) is 2. The average molecular weight is 454 g/mol. The number of nitrogens with one attached hydrogen (secondary N) is 2. The average Bonchev–Trinajstić information content (AvgIpc) is 3.23. The summed E-state index contributed by atoms with van der Waals surface area (Å²) < 4.78 is 51.6. The van der Waals surface area contributed by atoms with Crippen LogP contribution in [-0.4, -0.2) is 21.1 Å². The number of carbonyl (C=O) groups excluding carboxylic acids is 1. The second kappa shape index (κ2) is 8.72. The molecule has 0 saturated heterocycles. The van der Waals surface area contributed by atoms with Gasteiger partial charge in [-0.25, -0.2) is 12.8 Å². The summed E-state index contributed by atoms with van der Waals surface area (Å²) in [4.78, 5) is 12.3. The van der Waals surface area contributed by atoms with Gasteiger partial charge in [0, 0.05) is 17.5 Å². The van der Waals surface area contributed by atoms with Gasteiger partial charge in [0.15, 0.2) is 11.5 Å². The lowest BCUT2D eigenvalue weighted by molar-refractivity contribution is -0.111. The van der Waals surface area contributed by atoms with Crippen molar-refractivity contribution in [2.24, 2.45) is 0 Å². The minimum absolute atomic E-state index is 0.000578. The van der Waals surface area contributed by atoms with Crippen molar-refractivity contribution in [3.05, 3.63) is 83.7 Å². The molecule has 1 aliphatic heterocycles. The molecule has 3 aromatic rings. The molecule has 0 aromatic heterocycles. The molecule has 3 aromatic carbocycles. The van der Waals surface area contributed by atoms with E-state index in [1.807, 2.05) is 0 Å². The summed E-state index contributed by atoms with van der Waals surface area (Å²) in [5.41, 5.74) is 1.79. The maximum atomic E-state index is 13.1. The Balaban J connectivity index is 1.48. The summed E-state index contributed by atoms with van der Waals surface area (Å²) in [5.74, 6) is 0.354. The Morgan fingerprint density at radius 3 is 2.47 bits per heavy atom. The number of anilines is 2. The lowest BCUT2D eigenvalue weighted by atomic mass is 10.2. The molecule has 0 unspecified atom stereocenters. The van der Waals surface area contributed by atoms with Crippen LogP contribution in [0.25, 0.3) is 6.08 Å². The van der Waals surface area contributed by atoms with E-state index in [0.29, 0.717) is 22.7 Å². The first-order chi connectivity index (χ1) is 15.3. The summed E-state index contributed by atoms with van der Waals surface area (Å²) >= 11 is 0. The van der Waals surface area contributed by atoms with E-state index in [0.717, 1.165) is 17.7 Å². The van der Waals surface area contributed by atoms with Crippen LogP contribution in [0.1, 0.15) is 11.1 Å². The van der Waals surface area contributed by atoms with Gasteiger partial charge in [0.2, 0.25) is 12.7 Å². The van der Waals surface area contributed by atoms with E-state index in [2.05, 4.69) is 10.0 Å². The molecule has 164 valence electrons. The Labute approximate surface area is 184 Å². The lowest BCUT2D eigenvalue weighted by Crippen LogP contribution is -2.15. The van der Waals surface area contributed by atoms with Gasteiger partial charge in [0.1, 0.15) is 5.82 Å². The molecule has 0 fully saturated rings. The number of halogens is 1. The number of aryl methyl sites for hydroxylation is 1. The number of fused-ring (bicyclic) bond motifs is 1. The van der Waals surface area contributed by atoms with Gasteiger partial charge in [0.25, 0.3) is 10.0 Å². The molecule has 0 radical (unpaired) electrons. The van der Waals surface area contributed by atoms with Crippen molar-refractivity contribution < 1.29 is 27.1 Å². The third kappa shape index (κ3) is 4.89. The number of hydrogen-bond acceptors (Lipinski definition) is 5. The van der Waals surface area contributed by atoms with Crippen LogP contribution < -0.4 is 19.5 Å². The summed E-state index contributed by atoms with van der Waals surface area (Å²) in [6.07, 6.45) is 2.95. The highest BCUT2D eigenvalue weighted by Crippen LogP contribution is 2.32. The zero-order chi connectivity index (χ0) is 22.7. The Hall–Kier alpha value is -3.85. The minimum atomic E-state index is -3.94. The van der Waals surface area contributed by atoms with Crippen molar-refractivity contribution in [3.8, 4) is 11.5 Å². The molecule has 4 rings (SSSR count). The Bertz CT molecular complexity index is 1300. The highest BCUT2D eigenvalue weighted by atomic mass is 32.2. The van der Waals surface area contributed by atoms with Crippen molar-refractivity contribution >= 4 is 33.4 Å². The summed E-state index contributed by atoms with van der Waals surface area (Å²) in [7, 11) is -3.94. The van der Waals surface area contributed by atoms with E-state index in [9.17, 15) is 17.6 Å². The van der Waals surface area contributed by atoms with Crippen LogP contribution in [0.3, 0.4) is 0 Å². The smallest absolute Gasteiger partial charge is 0.262 e. The minimum Gasteiger partial charge on any atom is -0.454 e. The zero-order valence-electron chi connectivity index (χ0n) is 17.0. The van der Waals surface area contributed by atoms with E-state index in [-0.39, 0.29) is 17.4 Å². The quantitative estimate of drug-likeness (QED) is 0.541. The van der Waals surface area contributed by atoms with Crippen molar-refractivity contribution in [2.75, 3.05) is 16.8 Å². The van der Waals surface area contributed by atoms with Crippen molar-refractivity contribution in [1.29, 1.82) is 0 Å². The second-order valence-electron chi connectivity index (χ2n) is 7.03. The fraction of sp³-hybridized carbons (Fsp3) is 0.0870. The number of sulfonamides is 1. The zero-order valence-corrected chi connectivity index (χ0v) is 17.8. The Kier molecular flexibility index (Phi) is 5.83. The number of carbonyl (C=O) groups is 1. The van der Waals surface area contributed by atoms with Crippen LogP contribution in [0.15, 0.2) is 71.6 Å². The normalized spacial score (nSPS) is 12.7. The van der Waals surface area contributed by atoms with E-state index in [4.69, 9.17) is 9.47 Å². The first-order valence-corrected chi connectivity index (χ1v) is 11.1. The number of rotatable bonds is 6. The van der Waals surface area contributed by atoms with Gasteiger partial charge < -0.3 is 14.8 Å². The lowest BCUT2D eigenvalue weighted by Gasteiger charge is -2.12. The highest BCUT2D eigenvalue weighted by molar-refractivity contribution is 7.92. The third-order valence-electron chi connectivity index (χ3n) is 4.67. The fourth-order valence-corrected chi connectivity index (χ4v) is 4.40. The molecule has 9 heteroatoms. The first kappa shape index (κ1) is 21.4. The van der Waals surface area contributed by atoms with E-state index >= 15 is 0 Å². The largest absolute Gasteiger partial charge is 0.454 e. The first-order valence-electron chi connectivity index (χ1n) is 9.58. The monoisotopic (exact) mass is 454 g/mol. The van der Waals surface area contributed by atoms with Crippen LogP contribution in [0, 0.1) is 12.7 Å². The fourth-order valence-electron chi connectivity index (χ4n) is 3.07. The third-order valence-corrected chi connectivity index (χ3v) is 6.19. The van der Waals surface area contributed by atoms with Crippen LogP contribution in [0.5, 0.6) is 11.5 Å². The molecule has 32 heavy (non-hydrogen) atoms. The molecular formula is C23H19FN2O5S. The standard InChI is InChI=1S/C23H19FN2O5S/c1-15-2-7-19(13-22(15)32(28,29)26-18-8-5-17(24)6-9-18)25-23(27)11-4-16-3-10-20-21(12-16)31-14-30-20/h2-13,26H,14H2,1H3,(H,25,27). The van der Waals surface area contributed by atoms with E-state index < -0.39 is 21.7 Å². The Morgan fingerprint density at radius 1 is 0.969 bits per heavy atom. The summed E-state index contributed by atoms with van der Waals surface area (Å²) in [6, 6.07) is 14.8. The highest BCUT2D eigenvalue weighted by Gasteiger charge is 2.18. The van der Waals surface area contributed by atoms with Gasteiger partial charge in [-0.15, -0.1) is 0 Å². The predicted octanol–water partition coefficient (Wildman–Crippen LogP) is 4.32. The number of amides is 1. The molecule has 1 heterocycles. The molecule has 0 aliphatic carbocycles. The molecule has 2 N–H and O–H groups in total. The van der Waals surface area contributed by atoms with E-state index in [1.165, 1.54) is 24.3 Å². The van der Waals surface area contributed by atoms with Gasteiger partial charge in [0.05, 0.1) is 4.90 Å². The topological polar surface area (TPSA) is 93.7 Å². The molecular weight excluding hydrogens is 435 g/mol. The Morgan fingerprint density at radius 2 is 1.69 bits per heavy atom. The summed E-state index contributed by atoms with van der Waals surface area (Å²) in [6.45, 7) is 1.81. The van der Waals surface area contributed by atoms with Gasteiger partial charge in [-0.1, -0.05) is 12.1 Å². The van der Waals surface area contributed by atoms with Crippen LogP contribution in [-0.2, 0) is 14.8 Å². The molecule has 0 atom stereocenters. The number of ether oxygens (including phenoxy) is 2. The van der Waals surface area contributed by atoms with Crippen molar-refractivity contribution in [1.82, 2.24) is 0 Å². The molecule has 1 amide bonds. The van der Waals surface area contributed by atoms with Gasteiger partial charge in [-0.05, 0) is 72.7 Å². The van der Waals surface area contributed by atoms with Crippen LogP contribution >= 0.6 is 0 Å². The van der Waals surface area contributed by atoms with Gasteiger partial charge >= 0.3 is 0 Å². The van der Waals surface area contributed by atoms with E-state index in [1.54, 1.807) is 43.3 Å².